The topological polar surface area (TPSA) is 89.1 Å². The molecule has 0 bridgehead atoms. The van der Waals surface area contributed by atoms with Crippen LogP contribution in [0.5, 0.6) is 5.75 Å². The van der Waals surface area contributed by atoms with E-state index in [0.29, 0.717) is 16.7 Å². The fourth-order valence-electron chi connectivity index (χ4n) is 2.56. The van der Waals surface area contributed by atoms with Crippen molar-refractivity contribution in [3.05, 3.63) is 40.2 Å². The molecule has 1 N–H and O–H groups in total. The van der Waals surface area contributed by atoms with Crippen molar-refractivity contribution in [1.82, 2.24) is 0 Å². The van der Waals surface area contributed by atoms with E-state index in [4.69, 9.17) is 14.4 Å². The quantitative estimate of drug-likeness (QED) is 0.375. The molecule has 21 heavy (non-hydrogen) atoms. The molecule has 0 radical (unpaired) electrons. The molecular weight excluding hydrogens is 274 g/mol. The van der Waals surface area contributed by atoms with Gasteiger partial charge in [-0.05, 0) is 32.0 Å². The van der Waals surface area contributed by atoms with E-state index in [0.717, 1.165) is 6.21 Å². The Labute approximate surface area is 119 Å². The Bertz CT molecular complexity index is 818. The zero-order valence-corrected chi connectivity index (χ0v) is 11.5. The third kappa shape index (κ3) is 1.99. The predicted octanol–water partition coefficient (Wildman–Crippen LogP) is 2.08. The molecule has 2 heterocycles. The standard InChI is InChI=1S/C15H13NO5/c1-15(2)14(18)9(7-16-19)12-10(21-15)5-3-8-4-6-11(17)20-13(8)12/h3-7,9,19H,1-2H3/b16-7-/t9-/m1/s1. The highest BCUT2D eigenvalue weighted by atomic mass is 16.5. The van der Waals surface area contributed by atoms with Gasteiger partial charge in [0.05, 0.1) is 17.7 Å². The molecule has 1 aromatic carbocycles. The van der Waals surface area contributed by atoms with E-state index < -0.39 is 17.1 Å². The highest BCUT2D eigenvalue weighted by molar-refractivity contribution is 6.09. The summed E-state index contributed by atoms with van der Waals surface area (Å²) in [6.07, 6.45) is 1.12. The predicted molar refractivity (Wildman–Crippen MR) is 75.2 cm³/mol. The molecule has 0 unspecified atom stereocenters. The molecule has 0 aliphatic carbocycles. The molecule has 108 valence electrons. The van der Waals surface area contributed by atoms with Gasteiger partial charge < -0.3 is 14.4 Å². The molecule has 1 atom stereocenters. The van der Waals surface area contributed by atoms with Gasteiger partial charge in [0.1, 0.15) is 11.3 Å². The zero-order chi connectivity index (χ0) is 15.2. The van der Waals surface area contributed by atoms with Gasteiger partial charge in [-0.1, -0.05) is 0 Å². The van der Waals surface area contributed by atoms with Crippen LogP contribution in [0, 0.1) is 0 Å². The monoisotopic (exact) mass is 287 g/mol. The van der Waals surface area contributed by atoms with Crippen LogP contribution in [0.25, 0.3) is 11.0 Å². The summed E-state index contributed by atoms with van der Waals surface area (Å²) < 4.78 is 10.9. The van der Waals surface area contributed by atoms with Crippen LogP contribution in [0.15, 0.2) is 38.6 Å². The average Bonchev–Trinajstić information content (AvgIpc) is 2.43. The maximum absolute atomic E-state index is 12.5. The number of nitrogens with zero attached hydrogens (tertiary/aromatic N) is 1. The number of carbonyl (C=O) groups is 1. The Hall–Kier alpha value is -2.63. The second-order valence-electron chi connectivity index (χ2n) is 5.37. The van der Waals surface area contributed by atoms with E-state index in [-0.39, 0.29) is 11.4 Å². The lowest BCUT2D eigenvalue weighted by Crippen LogP contribution is -2.45. The van der Waals surface area contributed by atoms with Crippen LogP contribution < -0.4 is 10.4 Å². The summed E-state index contributed by atoms with van der Waals surface area (Å²) in [7, 11) is 0. The van der Waals surface area contributed by atoms with Crippen molar-refractivity contribution in [3.8, 4) is 5.75 Å². The first-order valence-corrected chi connectivity index (χ1v) is 6.41. The average molecular weight is 287 g/mol. The van der Waals surface area contributed by atoms with E-state index in [2.05, 4.69) is 5.16 Å². The number of hydrogen-bond donors (Lipinski definition) is 1. The van der Waals surface area contributed by atoms with Gasteiger partial charge in [0.25, 0.3) is 0 Å². The number of Topliss-reactive ketones (excluding diaryl/α,β-unsaturated/α-hetero) is 1. The molecule has 0 saturated carbocycles. The van der Waals surface area contributed by atoms with Crippen LogP contribution in [-0.2, 0) is 4.79 Å². The molecule has 1 aliphatic heterocycles. The fraction of sp³-hybridized carbons (Fsp3) is 0.267. The summed E-state index contributed by atoms with van der Waals surface area (Å²) >= 11 is 0. The Morgan fingerprint density at radius 1 is 1.24 bits per heavy atom. The molecule has 0 amide bonds. The maximum Gasteiger partial charge on any atom is 0.336 e. The number of carbonyl (C=O) groups excluding carboxylic acids is 1. The van der Waals surface area contributed by atoms with E-state index in [1.54, 1.807) is 32.0 Å². The van der Waals surface area contributed by atoms with E-state index in [1.165, 1.54) is 6.07 Å². The van der Waals surface area contributed by atoms with Gasteiger partial charge in [0.15, 0.2) is 11.4 Å². The number of oxime groups is 1. The maximum atomic E-state index is 12.5. The van der Waals surface area contributed by atoms with Crippen LogP contribution in [0.1, 0.15) is 25.3 Å². The molecule has 0 spiro atoms. The Morgan fingerprint density at radius 2 is 1.95 bits per heavy atom. The van der Waals surface area contributed by atoms with Crippen LogP contribution in [0.2, 0.25) is 0 Å². The number of fused-ring (bicyclic) bond motifs is 3. The largest absolute Gasteiger partial charge is 0.480 e. The van der Waals surface area contributed by atoms with Gasteiger partial charge in [-0.3, -0.25) is 4.79 Å². The highest BCUT2D eigenvalue weighted by Gasteiger charge is 2.43. The van der Waals surface area contributed by atoms with Gasteiger partial charge in [0.2, 0.25) is 0 Å². The Kier molecular flexibility index (Phi) is 2.83. The molecule has 6 nitrogen and oxygen atoms in total. The summed E-state index contributed by atoms with van der Waals surface area (Å²) in [5.74, 6) is -0.666. The summed E-state index contributed by atoms with van der Waals surface area (Å²) in [6, 6.07) is 6.37. The van der Waals surface area contributed by atoms with Crippen molar-refractivity contribution in [2.45, 2.75) is 25.4 Å². The smallest absolute Gasteiger partial charge is 0.336 e. The second kappa shape index (κ2) is 4.44. The van der Waals surface area contributed by atoms with Crippen LogP contribution in [-0.4, -0.2) is 22.8 Å². The normalized spacial score (nSPS) is 20.5. The fourth-order valence-corrected chi connectivity index (χ4v) is 2.56. The number of ketones is 1. The lowest BCUT2D eigenvalue weighted by Gasteiger charge is -2.34. The molecule has 0 fully saturated rings. The van der Waals surface area contributed by atoms with Crippen molar-refractivity contribution in [2.75, 3.05) is 0 Å². The molecular formula is C15H13NO5. The van der Waals surface area contributed by atoms with Crippen LogP contribution in [0.3, 0.4) is 0 Å². The molecule has 1 aliphatic rings. The summed E-state index contributed by atoms with van der Waals surface area (Å²) in [4.78, 5) is 23.9. The zero-order valence-electron chi connectivity index (χ0n) is 11.5. The van der Waals surface area contributed by atoms with Gasteiger partial charge in [-0.2, -0.15) is 0 Å². The van der Waals surface area contributed by atoms with E-state index in [1.807, 2.05) is 0 Å². The summed E-state index contributed by atoms with van der Waals surface area (Å²) in [5.41, 5.74) is -0.893. The minimum Gasteiger partial charge on any atom is -0.480 e. The summed E-state index contributed by atoms with van der Waals surface area (Å²) in [5, 5.41) is 12.5. The number of benzene rings is 1. The number of hydrogen-bond acceptors (Lipinski definition) is 6. The Balaban J connectivity index is 2.38. The van der Waals surface area contributed by atoms with E-state index >= 15 is 0 Å². The van der Waals surface area contributed by atoms with Gasteiger partial charge in [0, 0.05) is 11.5 Å². The first-order valence-electron chi connectivity index (χ1n) is 6.41. The van der Waals surface area contributed by atoms with Crippen molar-refractivity contribution in [1.29, 1.82) is 0 Å². The molecule has 1 aromatic heterocycles. The van der Waals surface area contributed by atoms with Gasteiger partial charge >= 0.3 is 5.63 Å². The van der Waals surface area contributed by atoms with Crippen molar-refractivity contribution >= 4 is 23.0 Å². The third-order valence-electron chi connectivity index (χ3n) is 3.56. The lowest BCUT2D eigenvalue weighted by atomic mass is 9.83. The van der Waals surface area contributed by atoms with Crippen LogP contribution >= 0.6 is 0 Å². The van der Waals surface area contributed by atoms with Crippen LogP contribution in [0.4, 0.5) is 0 Å². The molecule has 3 rings (SSSR count). The molecule has 2 aromatic rings. The molecule has 0 saturated heterocycles. The minimum absolute atomic E-state index is 0.271. The van der Waals surface area contributed by atoms with Crippen molar-refractivity contribution in [3.63, 3.8) is 0 Å². The highest BCUT2D eigenvalue weighted by Crippen LogP contribution is 2.41. The SMILES string of the molecule is CC1(C)Oc2ccc3ccc(=O)oc3c2[C@@H](/C=N\O)C1=O. The van der Waals surface area contributed by atoms with Gasteiger partial charge in [-0.25, -0.2) is 4.79 Å². The summed E-state index contributed by atoms with van der Waals surface area (Å²) in [6.45, 7) is 3.28. The number of rotatable bonds is 1. The van der Waals surface area contributed by atoms with Gasteiger partial charge in [-0.15, -0.1) is 5.16 Å². The Morgan fingerprint density at radius 3 is 2.67 bits per heavy atom. The van der Waals surface area contributed by atoms with Crippen molar-refractivity contribution in [2.24, 2.45) is 5.16 Å². The number of ether oxygens (including phenoxy) is 1. The first kappa shape index (κ1) is 13.4. The third-order valence-corrected chi connectivity index (χ3v) is 3.56. The minimum atomic E-state index is -1.05. The molecule has 6 heteroatoms. The second-order valence-corrected chi connectivity index (χ2v) is 5.37. The van der Waals surface area contributed by atoms with Crippen molar-refractivity contribution < 1.29 is 19.2 Å². The first-order chi connectivity index (χ1) is 9.94. The van der Waals surface area contributed by atoms with E-state index in [9.17, 15) is 9.59 Å². The lowest BCUT2D eigenvalue weighted by molar-refractivity contribution is -0.133.